The summed E-state index contributed by atoms with van der Waals surface area (Å²) in [6.07, 6.45) is 0.535. The molecule has 4 nitrogen and oxygen atoms in total. The van der Waals surface area contributed by atoms with Gasteiger partial charge in [0, 0.05) is 12.3 Å². The lowest BCUT2D eigenvalue weighted by atomic mass is 10.5. The predicted molar refractivity (Wildman–Crippen MR) is 31.5 cm³/mol. The largest absolute Gasteiger partial charge is 0.438 e. The van der Waals surface area contributed by atoms with Crippen LogP contribution < -0.4 is 5.76 Å². The fraction of sp³-hybridized carbons (Fsp3) is 0.500. The second kappa shape index (κ2) is 2.68. The van der Waals surface area contributed by atoms with Gasteiger partial charge >= 0.3 is 5.76 Å². The lowest BCUT2D eigenvalue weighted by molar-refractivity contribution is 0.381. The van der Waals surface area contributed by atoms with Crippen molar-refractivity contribution in [1.29, 1.82) is 0 Å². The van der Waals surface area contributed by atoms with Crippen LogP contribution in [0.5, 0.6) is 0 Å². The molecule has 0 aliphatic rings. The smallest absolute Gasteiger partial charge is 0.296 e. The summed E-state index contributed by atoms with van der Waals surface area (Å²) in [7, 11) is 0. The zero-order valence-electron chi connectivity index (χ0n) is 4.56. The van der Waals surface area contributed by atoms with Crippen molar-refractivity contribution in [1.82, 2.24) is 10.1 Å². The summed E-state index contributed by atoms with van der Waals surface area (Å²) < 4.78 is 4.20. The second-order valence-electron chi connectivity index (χ2n) is 1.48. The lowest BCUT2D eigenvalue weighted by Gasteiger charge is -1.80. The minimum atomic E-state index is -0.532. The molecule has 5 heteroatoms. The molecule has 0 radical (unpaired) electrons. The molecule has 0 fully saturated rings. The van der Waals surface area contributed by atoms with Gasteiger partial charge in [-0.05, 0) is 0 Å². The first-order valence-corrected chi connectivity index (χ1v) is 2.97. The van der Waals surface area contributed by atoms with E-state index in [0.29, 0.717) is 18.1 Å². The van der Waals surface area contributed by atoms with Crippen LogP contribution >= 0.6 is 11.6 Å². The highest BCUT2D eigenvalue weighted by molar-refractivity contribution is 6.17. The van der Waals surface area contributed by atoms with Gasteiger partial charge in [-0.15, -0.1) is 11.6 Å². The Hall–Kier alpha value is -0.770. The molecular weight excluding hydrogens is 144 g/mol. The Morgan fingerprint density at radius 2 is 2.56 bits per heavy atom. The van der Waals surface area contributed by atoms with Crippen LogP contribution in [0.4, 0.5) is 0 Å². The van der Waals surface area contributed by atoms with Crippen molar-refractivity contribution in [2.45, 2.75) is 6.42 Å². The number of rotatable bonds is 2. The third kappa shape index (κ3) is 1.57. The number of nitrogens with zero attached hydrogens (tertiary/aromatic N) is 1. The van der Waals surface area contributed by atoms with E-state index in [1.165, 1.54) is 0 Å². The van der Waals surface area contributed by atoms with Crippen molar-refractivity contribution in [3.63, 3.8) is 0 Å². The molecule has 0 spiro atoms. The van der Waals surface area contributed by atoms with Gasteiger partial charge in [0.05, 0.1) is 0 Å². The van der Waals surface area contributed by atoms with E-state index in [1.54, 1.807) is 0 Å². The summed E-state index contributed by atoms with van der Waals surface area (Å²) >= 11 is 5.34. The molecule has 0 bridgehead atoms. The molecule has 0 aliphatic carbocycles. The van der Waals surface area contributed by atoms with E-state index in [-0.39, 0.29) is 0 Å². The third-order valence-electron chi connectivity index (χ3n) is 0.816. The summed E-state index contributed by atoms with van der Waals surface area (Å²) in [6, 6.07) is 0. The minimum Gasteiger partial charge on any atom is -0.296 e. The number of alkyl halides is 1. The molecular formula is C4H5ClN2O2. The van der Waals surface area contributed by atoms with Crippen LogP contribution in [0, 0.1) is 0 Å². The van der Waals surface area contributed by atoms with Crippen molar-refractivity contribution in [3.8, 4) is 0 Å². The predicted octanol–water partition coefficient (Wildman–Crippen LogP) is 0.144. The van der Waals surface area contributed by atoms with Crippen molar-refractivity contribution >= 4 is 11.6 Å². The number of hydrogen-bond acceptors (Lipinski definition) is 3. The van der Waals surface area contributed by atoms with E-state index in [4.69, 9.17) is 11.6 Å². The van der Waals surface area contributed by atoms with E-state index >= 15 is 0 Å². The molecule has 0 saturated heterocycles. The van der Waals surface area contributed by atoms with Gasteiger partial charge < -0.3 is 0 Å². The molecule has 1 rings (SSSR count). The Labute approximate surface area is 55.8 Å². The molecule has 0 aromatic carbocycles. The van der Waals surface area contributed by atoms with Gasteiger partial charge in [0.25, 0.3) is 0 Å². The first-order valence-electron chi connectivity index (χ1n) is 2.44. The van der Waals surface area contributed by atoms with E-state index in [2.05, 4.69) is 14.7 Å². The van der Waals surface area contributed by atoms with Crippen molar-refractivity contribution in [3.05, 3.63) is 16.4 Å². The van der Waals surface area contributed by atoms with Gasteiger partial charge in [0.15, 0.2) is 5.82 Å². The first kappa shape index (κ1) is 6.35. The van der Waals surface area contributed by atoms with Gasteiger partial charge in [0.2, 0.25) is 0 Å². The maximum Gasteiger partial charge on any atom is 0.438 e. The van der Waals surface area contributed by atoms with Gasteiger partial charge in [-0.3, -0.25) is 9.51 Å². The Balaban J connectivity index is 2.73. The molecule has 0 saturated carbocycles. The molecule has 9 heavy (non-hydrogen) atoms. The molecule has 0 amide bonds. The highest BCUT2D eigenvalue weighted by atomic mass is 35.5. The number of aromatic amines is 1. The highest BCUT2D eigenvalue weighted by Gasteiger charge is 1.96. The number of aromatic nitrogens is 2. The van der Waals surface area contributed by atoms with Crippen LogP contribution in [0.15, 0.2) is 9.32 Å². The number of aryl methyl sites for hydroxylation is 1. The third-order valence-corrected chi connectivity index (χ3v) is 1.01. The summed E-state index contributed by atoms with van der Waals surface area (Å²) in [6.45, 7) is 0. The molecule has 0 atom stereocenters. The average Bonchev–Trinajstić information content (AvgIpc) is 2.17. The van der Waals surface area contributed by atoms with Crippen LogP contribution in [0.1, 0.15) is 5.82 Å². The lowest BCUT2D eigenvalue weighted by Crippen LogP contribution is -1.97. The second-order valence-corrected chi connectivity index (χ2v) is 1.86. The van der Waals surface area contributed by atoms with E-state index in [0.717, 1.165) is 0 Å². The molecule has 1 N–H and O–H groups in total. The quantitative estimate of drug-likeness (QED) is 0.607. The van der Waals surface area contributed by atoms with Gasteiger partial charge in [-0.1, -0.05) is 5.16 Å². The summed E-state index contributed by atoms with van der Waals surface area (Å²) in [5.74, 6) is 0.396. The Morgan fingerprint density at radius 3 is 3.00 bits per heavy atom. The van der Waals surface area contributed by atoms with Gasteiger partial charge in [0.1, 0.15) is 0 Å². The zero-order chi connectivity index (χ0) is 6.69. The Bertz CT molecular complexity index is 228. The standard InChI is InChI=1S/C4H5ClN2O2/c5-2-1-3-6-4(8)9-7-3/h1-2H2,(H,6,7,8). The van der Waals surface area contributed by atoms with Crippen LogP contribution in [-0.4, -0.2) is 16.0 Å². The Kier molecular flexibility index (Phi) is 1.89. The zero-order valence-corrected chi connectivity index (χ0v) is 5.31. The SMILES string of the molecule is O=c1[nH]c(CCCl)no1. The topological polar surface area (TPSA) is 58.9 Å². The Morgan fingerprint density at radius 1 is 1.78 bits per heavy atom. The van der Waals surface area contributed by atoms with Gasteiger partial charge in [-0.2, -0.15) is 0 Å². The monoisotopic (exact) mass is 148 g/mol. The van der Waals surface area contributed by atoms with Crippen LogP contribution in [0.3, 0.4) is 0 Å². The van der Waals surface area contributed by atoms with Crippen LogP contribution in [-0.2, 0) is 6.42 Å². The van der Waals surface area contributed by atoms with E-state index < -0.39 is 5.76 Å². The molecule has 1 heterocycles. The number of H-pyrrole nitrogens is 1. The van der Waals surface area contributed by atoms with Crippen LogP contribution in [0.25, 0.3) is 0 Å². The number of hydrogen-bond donors (Lipinski definition) is 1. The molecule has 0 unspecified atom stereocenters. The molecule has 50 valence electrons. The van der Waals surface area contributed by atoms with E-state index in [1.807, 2.05) is 0 Å². The summed E-state index contributed by atoms with van der Waals surface area (Å²) in [4.78, 5) is 12.6. The minimum absolute atomic E-state index is 0.433. The number of nitrogens with one attached hydrogen (secondary N) is 1. The van der Waals surface area contributed by atoms with E-state index in [9.17, 15) is 4.79 Å². The summed E-state index contributed by atoms with van der Waals surface area (Å²) in [5, 5.41) is 3.38. The first-order chi connectivity index (χ1) is 4.33. The van der Waals surface area contributed by atoms with Crippen molar-refractivity contribution in [2.24, 2.45) is 0 Å². The number of halogens is 1. The van der Waals surface area contributed by atoms with Crippen molar-refractivity contribution < 1.29 is 4.52 Å². The average molecular weight is 149 g/mol. The fourth-order valence-electron chi connectivity index (χ4n) is 0.458. The molecule has 1 aromatic heterocycles. The molecule has 0 aliphatic heterocycles. The normalized spacial score (nSPS) is 9.89. The molecule has 1 aromatic rings. The van der Waals surface area contributed by atoms with Crippen molar-refractivity contribution in [2.75, 3.05) is 5.88 Å². The maximum absolute atomic E-state index is 10.2. The fourth-order valence-corrected chi connectivity index (χ4v) is 0.637. The van der Waals surface area contributed by atoms with Crippen LogP contribution in [0.2, 0.25) is 0 Å². The summed E-state index contributed by atoms with van der Waals surface area (Å²) in [5.41, 5.74) is 0. The maximum atomic E-state index is 10.2. The highest BCUT2D eigenvalue weighted by Crippen LogP contribution is 1.87. The van der Waals surface area contributed by atoms with Gasteiger partial charge in [-0.25, -0.2) is 4.79 Å².